The number of hydrogen-bond acceptors (Lipinski definition) is 4. The number of aromatic nitrogens is 1. The van der Waals surface area contributed by atoms with Crippen molar-refractivity contribution in [2.45, 2.75) is 57.9 Å². The molecular formula is C20H25FN2O3. The molecule has 0 amide bonds. The molecule has 0 aliphatic heterocycles. The van der Waals surface area contributed by atoms with Crippen molar-refractivity contribution < 1.29 is 19.5 Å². The standard InChI is InChI=1S/C20H25FN2O3/c21-14-9-10-17-16(12-14)20-18(7-5-8-19(20)25)23(17)11-4-2-1-3-6-15(13-24)22-26/h9-10,12-13,22,24,26H,1-8,11H2/b15-13+. The maximum absolute atomic E-state index is 13.7. The predicted octanol–water partition coefficient (Wildman–Crippen LogP) is 4.63. The van der Waals surface area contributed by atoms with E-state index in [4.69, 9.17) is 10.3 Å². The molecule has 1 heterocycles. The smallest absolute Gasteiger partial charge is 0.165 e. The highest BCUT2D eigenvalue weighted by Crippen LogP contribution is 2.33. The molecule has 0 saturated heterocycles. The van der Waals surface area contributed by atoms with Gasteiger partial charge in [0.25, 0.3) is 0 Å². The first-order chi connectivity index (χ1) is 12.7. The number of nitrogens with one attached hydrogen (secondary N) is 1. The molecule has 0 fully saturated rings. The number of benzene rings is 1. The van der Waals surface area contributed by atoms with Crippen molar-refractivity contribution >= 4 is 16.7 Å². The summed E-state index contributed by atoms with van der Waals surface area (Å²) < 4.78 is 15.9. The third-order valence-electron chi connectivity index (χ3n) is 5.11. The average molecular weight is 360 g/mol. The van der Waals surface area contributed by atoms with Crippen molar-refractivity contribution in [2.75, 3.05) is 0 Å². The second-order valence-corrected chi connectivity index (χ2v) is 6.84. The maximum Gasteiger partial charge on any atom is 0.165 e. The van der Waals surface area contributed by atoms with Crippen molar-refractivity contribution in [1.82, 2.24) is 10.0 Å². The number of hydrogen-bond donors (Lipinski definition) is 3. The lowest BCUT2D eigenvalue weighted by Gasteiger charge is -2.15. The summed E-state index contributed by atoms with van der Waals surface area (Å²) in [6.07, 6.45) is 7.57. The van der Waals surface area contributed by atoms with Crippen LogP contribution in [0.3, 0.4) is 0 Å². The first kappa shape index (κ1) is 18.5. The average Bonchev–Trinajstić information content (AvgIpc) is 2.95. The summed E-state index contributed by atoms with van der Waals surface area (Å²) in [7, 11) is 0. The number of aliphatic hydroxyl groups excluding tert-OH is 1. The van der Waals surface area contributed by atoms with Crippen LogP contribution in [0.2, 0.25) is 0 Å². The molecule has 6 heteroatoms. The van der Waals surface area contributed by atoms with Gasteiger partial charge in [0.05, 0.1) is 5.70 Å². The van der Waals surface area contributed by atoms with Crippen molar-refractivity contribution in [1.29, 1.82) is 0 Å². The number of carbonyl (C=O) groups is 1. The second-order valence-electron chi connectivity index (χ2n) is 6.84. The Hall–Kier alpha value is -2.34. The predicted molar refractivity (Wildman–Crippen MR) is 97.9 cm³/mol. The summed E-state index contributed by atoms with van der Waals surface area (Å²) >= 11 is 0. The molecule has 0 unspecified atom stereocenters. The zero-order valence-corrected chi connectivity index (χ0v) is 14.8. The molecule has 0 spiro atoms. The molecule has 1 aliphatic rings. The molecule has 26 heavy (non-hydrogen) atoms. The number of nitrogens with zero attached hydrogens (tertiary/aromatic N) is 1. The van der Waals surface area contributed by atoms with Gasteiger partial charge < -0.3 is 9.67 Å². The topological polar surface area (TPSA) is 74.5 Å². The minimum absolute atomic E-state index is 0.125. The fourth-order valence-corrected chi connectivity index (χ4v) is 3.84. The number of hydroxylamine groups is 1. The van der Waals surface area contributed by atoms with Gasteiger partial charge in [-0.3, -0.25) is 15.5 Å². The third kappa shape index (κ3) is 3.75. The van der Waals surface area contributed by atoms with Gasteiger partial charge in [0.2, 0.25) is 0 Å². The van der Waals surface area contributed by atoms with Gasteiger partial charge in [0.15, 0.2) is 5.78 Å². The number of rotatable bonds is 8. The highest BCUT2D eigenvalue weighted by atomic mass is 19.1. The Labute approximate surface area is 152 Å². The molecule has 140 valence electrons. The van der Waals surface area contributed by atoms with Gasteiger partial charge in [-0.2, -0.15) is 0 Å². The largest absolute Gasteiger partial charge is 0.514 e. The van der Waals surface area contributed by atoms with E-state index in [1.165, 1.54) is 12.1 Å². The maximum atomic E-state index is 13.7. The van der Waals surface area contributed by atoms with E-state index in [1.807, 2.05) is 5.48 Å². The Morgan fingerprint density at radius 3 is 2.81 bits per heavy atom. The minimum atomic E-state index is -0.305. The van der Waals surface area contributed by atoms with E-state index < -0.39 is 0 Å². The number of fused-ring (bicyclic) bond motifs is 3. The zero-order chi connectivity index (χ0) is 18.5. The number of halogens is 1. The monoisotopic (exact) mass is 360 g/mol. The van der Waals surface area contributed by atoms with Gasteiger partial charge in [0, 0.05) is 35.1 Å². The van der Waals surface area contributed by atoms with Crippen molar-refractivity contribution in [3.8, 4) is 0 Å². The van der Waals surface area contributed by atoms with Crippen LogP contribution in [-0.2, 0) is 13.0 Å². The van der Waals surface area contributed by atoms with E-state index in [-0.39, 0.29) is 11.6 Å². The number of carbonyl (C=O) groups excluding carboxylic acids is 1. The molecule has 5 nitrogen and oxygen atoms in total. The van der Waals surface area contributed by atoms with Gasteiger partial charge >= 0.3 is 0 Å². The number of aryl methyl sites for hydroxylation is 1. The molecule has 1 aromatic carbocycles. The van der Waals surface area contributed by atoms with Crippen LogP contribution in [0.1, 0.15) is 61.0 Å². The van der Waals surface area contributed by atoms with Crippen molar-refractivity contribution in [3.05, 3.63) is 47.2 Å². The molecule has 3 rings (SSSR count). The summed E-state index contributed by atoms with van der Waals surface area (Å²) in [6.45, 7) is 0.811. The van der Waals surface area contributed by atoms with Crippen LogP contribution in [0.15, 0.2) is 30.2 Å². The van der Waals surface area contributed by atoms with Gasteiger partial charge in [-0.05, 0) is 50.3 Å². The van der Waals surface area contributed by atoms with Crippen molar-refractivity contribution in [3.63, 3.8) is 0 Å². The van der Waals surface area contributed by atoms with E-state index in [2.05, 4.69) is 4.57 Å². The first-order valence-corrected chi connectivity index (χ1v) is 9.23. The lowest BCUT2D eigenvalue weighted by atomic mass is 9.94. The number of ketones is 1. The zero-order valence-electron chi connectivity index (χ0n) is 14.8. The van der Waals surface area contributed by atoms with Crippen LogP contribution in [0.5, 0.6) is 0 Å². The lowest BCUT2D eigenvalue weighted by molar-refractivity contribution is 0.0973. The van der Waals surface area contributed by atoms with Gasteiger partial charge in [0.1, 0.15) is 12.1 Å². The molecule has 0 saturated carbocycles. The molecular weight excluding hydrogens is 335 g/mol. The third-order valence-corrected chi connectivity index (χ3v) is 5.11. The molecule has 0 atom stereocenters. The van der Waals surface area contributed by atoms with E-state index in [0.717, 1.165) is 73.5 Å². The Morgan fingerprint density at radius 1 is 1.23 bits per heavy atom. The second kappa shape index (κ2) is 8.36. The van der Waals surface area contributed by atoms with Gasteiger partial charge in [-0.1, -0.05) is 12.8 Å². The van der Waals surface area contributed by atoms with E-state index in [1.54, 1.807) is 6.07 Å². The highest BCUT2D eigenvalue weighted by Gasteiger charge is 2.25. The molecule has 1 aliphatic carbocycles. The summed E-state index contributed by atoms with van der Waals surface area (Å²) in [5.41, 5.74) is 5.10. The van der Waals surface area contributed by atoms with Crippen LogP contribution in [0, 0.1) is 5.82 Å². The minimum Gasteiger partial charge on any atom is -0.514 e. The fourth-order valence-electron chi connectivity index (χ4n) is 3.84. The van der Waals surface area contributed by atoms with Crippen LogP contribution >= 0.6 is 0 Å². The Morgan fingerprint density at radius 2 is 2.04 bits per heavy atom. The highest BCUT2D eigenvalue weighted by molar-refractivity contribution is 6.10. The molecule has 0 bridgehead atoms. The van der Waals surface area contributed by atoms with Crippen LogP contribution in [0.4, 0.5) is 4.39 Å². The van der Waals surface area contributed by atoms with Gasteiger partial charge in [-0.15, -0.1) is 0 Å². The van der Waals surface area contributed by atoms with Crippen LogP contribution < -0.4 is 5.48 Å². The van der Waals surface area contributed by atoms with E-state index in [9.17, 15) is 9.18 Å². The van der Waals surface area contributed by atoms with E-state index in [0.29, 0.717) is 18.5 Å². The molecule has 2 aromatic rings. The van der Waals surface area contributed by atoms with Crippen molar-refractivity contribution in [2.24, 2.45) is 0 Å². The summed E-state index contributed by atoms with van der Waals surface area (Å²) in [5, 5.41) is 18.4. The quantitative estimate of drug-likeness (QED) is 0.365. The fraction of sp³-hybridized carbons (Fsp3) is 0.450. The summed E-state index contributed by atoms with van der Waals surface area (Å²) in [6, 6.07) is 4.72. The SMILES string of the molecule is O=C1CCCc2c1c1cc(F)ccc1n2CCCCCC/C(=C\O)NO. The summed E-state index contributed by atoms with van der Waals surface area (Å²) in [5.74, 6) is -0.179. The molecule has 1 aromatic heterocycles. The molecule has 0 radical (unpaired) electrons. The Kier molecular flexibility index (Phi) is 5.93. The molecule has 3 N–H and O–H groups in total. The summed E-state index contributed by atoms with van der Waals surface area (Å²) in [4.78, 5) is 12.4. The number of aliphatic hydroxyl groups is 1. The number of unbranched alkanes of at least 4 members (excludes halogenated alkanes) is 3. The Bertz CT molecular complexity index is 826. The Balaban J connectivity index is 1.68. The van der Waals surface area contributed by atoms with E-state index >= 15 is 0 Å². The van der Waals surface area contributed by atoms with Crippen LogP contribution in [0.25, 0.3) is 10.9 Å². The van der Waals surface area contributed by atoms with Gasteiger partial charge in [-0.25, -0.2) is 4.39 Å². The van der Waals surface area contributed by atoms with Crippen LogP contribution in [-0.4, -0.2) is 20.7 Å². The normalized spacial score (nSPS) is 14.7. The lowest BCUT2D eigenvalue weighted by Crippen LogP contribution is -2.13. The first-order valence-electron chi connectivity index (χ1n) is 9.23. The number of allylic oxidation sites excluding steroid dienone is 1. The number of Topliss-reactive ketones (excluding diaryl/α,β-unsaturated/α-hetero) is 1.